The Morgan fingerprint density at radius 3 is 2.59 bits per heavy atom. The molecule has 1 unspecified atom stereocenters. The molecule has 4 rings (SSSR count). The van der Waals surface area contributed by atoms with E-state index in [-0.39, 0.29) is 11.9 Å². The number of benzene rings is 2. The van der Waals surface area contributed by atoms with Gasteiger partial charge in [0.25, 0.3) is 5.91 Å². The summed E-state index contributed by atoms with van der Waals surface area (Å²) in [6.45, 7) is 0.604. The van der Waals surface area contributed by atoms with Crippen LogP contribution in [0.2, 0.25) is 5.02 Å². The number of nitrogens with zero attached hydrogens (tertiary/aromatic N) is 3. The Labute approximate surface area is 173 Å². The summed E-state index contributed by atoms with van der Waals surface area (Å²) in [5.41, 5.74) is 1.18. The number of methoxy groups -OCH3 is 2. The molecule has 1 atom stereocenters. The van der Waals surface area contributed by atoms with Gasteiger partial charge in [0.15, 0.2) is 0 Å². The van der Waals surface area contributed by atoms with Crippen molar-refractivity contribution in [1.29, 1.82) is 0 Å². The number of likely N-dealkylation sites (tertiary alicyclic amines) is 1. The molecule has 1 fully saturated rings. The van der Waals surface area contributed by atoms with E-state index in [0.29, 0.717) is 45.9 Å². The van der Waals surface area contributed by atoms with Gasteiger partial charge in [-0.1, -0.05) is 28.9 Å². The van der Waals surface area contributed by atoms with E-state index < -0.39 is 0 Å². The maximum absolute atomic E-state index is 13.2. The van der Waals surface area contributed by atoms with Gasteiger partial charge in [-0.2, -0.15) is 4.98 Å². The molecule has 1 amide bonds. The molecule has 150 valence electrons. The molecule has 2 aromatic carbocycles. The molecular weight excluding hydrogens is 394 g/mol. The van der Waals surface area contributed by atoms with Crippen molar-refractivity contribution in [2.45, 2.75) is 18.9 Å². The molecule has 1 aliphatic rings. The lowest BCUT2D eigenvalue weighted by Gasteiger charge is -2.22. The van der Waals surface area contributed by atoms with Crippen LogP contribution < -0.4 is 9.47 Å². The van der Waals surface area contributed by atoms with Crippen molar-refractivity contribution in [2.24, 2.45) is 0 Å². The molecule has 0 spiro atoms. The first kappa shape index (κ1) is 19.3. The number of amides is 1. The largest absolute Gasteiger partial charge is 0.497 e. The molecule has 3 aromatic rings. The number of rotatable bonds is 5. The molecule has 0 radical (unpaired) electrons. The van der Waals surface area contributed by atoms with E-state index in [1.54, 1.807) is 43.4 Å². The SMILES string of the molecule is COc1cc(OC)cc(C(=O)N2CCCC2c2nc(-c3ccccc3Cl)no2)c1. The third kappa shape index (κ3) is 3.78. The molecule has 8 heteroatoms. The van der Waals surface area contributed by atoms with E-state index in [1.807, 2.05) is 18.2 Å². The van der Waals surface area contributed by atoms with Gasteiger partial charge in [0, 0.05) is 23.7 Å². The van der Waals surface area contributed by atoms with Crippen LogP contribution in [-0.4, -0.2) is 41.7 Å². The van der Waals surface area contributed by atoms with Gasteiger partial charge in [-0.3, -0.25) is 4.79 Å². The van der Waals surface area contributed by atoms with Crippen molar-refractivity contribution in [3.8, 4) is 22.9 Å². The van der Waals surface area contributed by atoms with Gasteiger partial charge < -0.3 is 18.9 Å². The van der Waals surface area contributed by atoms with Crippen LogP contribution >= 0.6 is 11.6 Å². The second kappa shape index (κ2) is 8.13. The molecular formula is C21H20ClN3O4. The van der Waals surface area contributed by atoms with E-state index in [4.69, 9.17) is 25.6 Å². The Kier molecular flexibility index (Phi) is 5.40. The highest BCUT2D eigenvalue weighted by molar-refractivity contribution is 6.33. The monoisotopic (exact) mass is 413 g/mol. The fourth-order valence-corrected chi connectivity index (χ4v) is 3.71. The van der Waals surface area contributed by atoms with Gasteiger partial charge in [-0.25, -0.2) is 0 Å². The molecule has 1 aromatic heterocycles. The first-order chi connectivity index (χ1) is 14.1. The average molecular weight is 414 g/mol. The first-order valence-corrected chi connectivity index (χ1v) is 9.61. The molecule has 0 bridgehead atoms. The highest BCUT2D eigenvalue weighted by Crippen LogP contribution is 2.35. The molecule has 7 nitrogen and oxygen atoms in total. The topological polar surface area (TPSA) is 77.7 Å². The zero-order valence-electron chi connectivity index (χ0n) is 16.1. The summed E-state index contributed by atoms with van der Waals surface area (Å²) >= 11 is 6.23. The molecule has 29 heavy (non-hydrogen) atoms. The predicted octanol–water partition coefficient (Wildman–Crippen LogP) is 4.38. The molecule has 0 N–H and O–H groups in total. The van der Waals surface area contributed by atoms with Crippen LogP contribution in [0.3, 0.4) is 0 Å². The van der Waals surface area contributed by atoms with Crippen LogP contribution in [0.15, 0.2) is 47.0 Å². The summed E-state index contributed by atoms with van der Waals surface area (Å²) < 4.78 is 16.1. The minimum atomic E-state index is -0.288. The average Bonchev–Trinajstić information content (AvgIpc) is 3.42. The summed E-state index contributed by atoms with van der Waals surface area (Å²) in [7, 11) is 3.10. The Morgan fingerprint density at radius 1 is 1.17 bits per heavy atom. The highest BCUT2D eigenvalue weighted by Gasteiger charge is 2.35. The van der Waals surface area contributed by atoms with Crippen molar-refractivity contribution in [3.05, 3.63) is 58.9 Å². The van der Waals surface area contributed by atoms with E-state index >= 15 is 0 Å². The van der Waals surface area contributed by atoms with Crippen LogP contribution in [0.4, 0.5) is 0 Å². The highest BCUT2D eigenvalue weighted by atomic mass is 35.5. The minimum Gasteiger partial charge on any atom is -0.497 e. The van der Waals surface area contributed by atoms with Crippen molar-refractivity contribution in [2.75, 3.05) is 20.8 Å². The summed E-state index contributed by atoms with van der Waals surface area (Å²) in [6, 6.07) is 12.1. The third-order valence-corrected chi connectivity index (χ3v) is 5.28. The van der Waals surface area contributed by atoms with Crippen LogP contribution in [-0.2, 0) is 0 Å². The van der Waals surface area contributed by atoms with E-state index in [9.17, 15) is 4.79 Å². The summed E-state index contributed by atoms with van der Waals surface area (Å²) in [4.78, 5) is 19.5. The summed E-state index contributed by atoms with van der Waals surface area (Å²) in [6.07, 6.45) is 1.60. The lowest BCUT2D eigenvalue weighted by Crippen LogP contribution is -2.30. The van der Waals surface area contributed by atoms with E-state index in [1.165, 1.54) is 0 Å². The second-order valence-electron chi connectivity index (χ2n) is 6.69. The molecule has 2 heterocycles. The van der Waals surface area contributed by atoms with Gasteiger partial charge in [-0.15, -0.1) is 0 Å². The van der Waals surface area contributed by atoms with Crippen molar-refractivity contribution in [3.63, 3.8) is 0 Å². The number of carbonyl (C=O) groups excluding carboxylic acids is 1. The number of hydrogen-bond acceptors (Lipinski definition) is 6. The summed E-state index contributed by atoms with van der Waals surface area (Å²) in [5, 5.41) is 4.61. The number of carbonyl (C=O) groups is 1. The zero-order chi connectivity index (χ0) is 20.4. The predicted molar refractivity (Wildman–Crippen MR) is 107 cm³/mol. The van der Waals surface area contributed by atoms with Crippen LogP contribution in [0.5, 0.6) is 11.5 Å². The smallest absolute Gasteiger partial charge is 0.254 e. The van der Waals surface area contributed by atoms with Crippen molar-refractivity contribution < 1.29 is 18.8 Å². The maximum Gasteiger partial charge on any atom is 0.254 e. The minimum absolute atomic E-state index is 0.137. The quantitative estimate of drug-likeness (QED) is 0.617. The zero-order valence-corrected chi connectivity index (χ0v) is 16.8. The molecule has 1 saturated heterocycles. The number of hydrogen-bond donors (Lipinski definition) is 0. The molecule has 1 aliphatic heterocycles. The molecule has 0 saturated carbocycles. The maximum atomic E-state index is 13.2. The van der Waals surface area contributed by atoms with E-state index in [0.717, 1.165) is 12.8 Å². The van der Waals surface area contributed by atoms with Crippen LogP contribution in [0.1, 0.15) is 35.1 Å². The lowest BCUT2D eigenvalue weighted by molar-refractivity contribution is 0.0709. The van der Waals surface area contributed by atoms with Crippen molar-refractivity contribution >= 4 is 17.5 Å². The van der Waals surface area contributed by atoms with Crippen LogP contribution in [0, 0.1) is 0 Å². The normalized spacial score (nSPS) is 16.1. The fourth-order valence-electron chi connectivity index (χ4n) is 3.49. The second-order valence-corrected chi connectivity index (χ2v) is 7.10. The number of halogens is 1. The van der Waals surface area contributed by atoms with Gasteiger partial charge in [0.05, 0.1) is 19.2 Å². The lowest BCUT2D eigenvalue weighted by atomic mass is 10.1. The number of aromatic nitrogens is 2. The Balaban J connectivity index is 1.62. The first-order valence-electron chi connectivity index (χ1n) is 9.23. The third-order valence-electron chi connectivity index (χ3n) is 4.95. The summed E-state index contributed by atoms with van der Waals surface area (Å²) in [5.74, 6) is 1.79. The number of ether oxygens (including phenoxy) is 2. The van der Waals surface area contributed by atoms with Gasteiger partial charge in [0.1, 0.15) is 17.5 Å². The van der Waals surface area contributed by atoms with Crippen LogP contribution in [0.25, 0.3) is 11.4 Å². The molecule has 0 aliphatic carbocycles. The fraction of sp³-hybridized carbons (Fsp3) is 0.286. The van der Waals surface area contributed by atoms with Gasteiger partial charge >= 0.3 is 0 Å². The van der Waals surface area contributed by atoms with Gasteiger partial charge in [0.2, 0.25) is 11.7 Å². The van der Waals surface area contributed by atoms with Gasteiger partial charge in [-0.05, 0) is 37.1 Å². The standard InChI is InChI=1S/C21H20ClN3O4/c1-27-14-10-13(11-15(12-14)28-2)21(26)25-9-5-8-18(25)20-23-19(24-29-20)16-6-3-4-7-17(16)22/h3-4,6-7,10-12,18H,5,8-9H2,1-2H3. The van der Waals surface area contributed by atoms with E-state index in [2.05, 4.69) is 10.1 Å². The Hall–Kier alpha value is -3.06. The Bertz CT molecular complexity index is 1010. The Morgan fingerprint density at radius 2 is 1.90 bits per heavy atom. The van der Waals surface area contributed by atoms with Crippen molar-refractivity contribution in [1.82, 2.24) is 15.0 Å².